The molecule has 2 aromatic carbocycles. The Bertz CT molecular complexity index is 697. The number of carbonyl (C=O) groups excluding carboxylic acids is 1. The third-order valence-electron chi connectivity index (χ3n) is 4.15. The molecule has 0 heterocycles. The van der Waals surface area contributed by atoms with Crippen molar-refractivity contribution in [1.82, 2.24) is 5.32 Å². The summed E-state index contributed by atoms with van der Waals surface area (Å²) in [5.74, 6) is 0.497. The molecule has 128 valence electrons. The summed E-state index contributed by atoms with van der Waals surface area (Å²) in [5, 5.41) is 3.71. The Morgan fingerprint density at radius 3 is 2.38 bits per heavy atom. The van der Waals surface area contributed by atoms with Crippen molar-refractivity contribution in [3.8, 4) is 5.75 Å². The van der Waals surface area contributed by atoms with E-state index in [0.29, 0.717) is 10.8 Å². The van der Waals surface area contributed by atoms with Gasteiger partial charge in [0.15, 0.2) is 6.10 Å². The molecule has 24 heavy (non-hydrogen) atoms. The predicted molar refractivity (Wildman–Crippen MR) is 98.6 cm³/mol. The van der Waals surface area contributed by atoms with Crippen LogP contribution in [0.25, 0.3) is 0 Å². The SMILES string of the molecule is CC[C@H](NC(=O)[C@H](C)Oc1ccc(Cl)cc1)c1ccc(C)c(C)c1. The minimum absolute atomic E-state index is 0.0203. The van der Waals surface area contributed by atoms with Gasteiger partial charge in [-0.2, -0.15) is 0 Å². The van der Waals surface area contributed by atoms with Crippen molar-refractivity contribution in [2.75, 3.05) is 0 Å². The van der Waals surface area contributed by atoms with E-state index in [1.165, 1.54) is 11.1 Å². The van der Waals surface area contributed by atoms with E-state index in [0.717, 1.165) is 12.0 Å². The van der Waals surface area contributed by atoms with Crippen molar-refractivity contribution < 1.29 is 9.53 Å². The van der Waals surface area contributed by atoms with Gasteiger partial charge in [0.05, 0.1) is 6.04 Å². The van der Waals surface area contributed by atoms with Gasteiger partial charge >= 0.3 is 0 Å². The summed E-state index contributed by atoms with van der Waals surface area (Å²) in [6, 6.07) is 13.3. The predicted octanol–water partition coefficient (Wildman–Crippen LogP) is 4.99. The largest absolute Gasteiger partial charge is 0.481 e. The van der Waals surface area contributed by atoms with Crippen LogP contribution in [0.5, 0.6) is 5.75 Å². The second-order valence-corrected chi connectivity index (χ2v) is 6.46. The van der Waals surface area contributed by atoms with Gasteiger partial charge in [0.25, 0.3) is 5.91 Å². The maximum Gasteiger partial charge on any atom is 0.261 e. The molecule has 0 aliphatic carbocycles. The van der Waals surface area contributed by atoms with Gasteiger partial charge in [0.2, 0.25) is 0 Å². The third-order valence-corrected chi connectivity index (χ3v) is 4.41. The van der Waals surface area contributed by atoms with Gasteiger partial charge in [-0.3, -0.25) is 4.79 Å². The Morgan fingerprint density at radius 1 is 1.12 bits per heavy atom. The molecule has 0 radical (unpaired) electrons. The molecule has 1 N–H and O–H groups in total. The first-order chi connectivity index (χ1) is 11.4. The molecule has 0 saturated heterocycles. The first-order valence-corrected chi connectivity index (χ1v) is 8.58. The number of aryl methyl sites for hydroxylation is 2. The maximum absolute atomic E-state index is 12.4. The van der Waals surface area contributed by atoms with Crippen LogP contribution in [0.3, 0.4) is 0 Å². The van der Waals surface area contributed by atoms with Gasteiger partial charge < -0.3 is 10.1 Å². The summed E-state index contributed by atoms with van der Waals surface area (Å²) >= 11 is 5.86. The minimum atomic E-state index is -0.577. The molecule has 0 aliphatic rings. The van der Waals surface area contributed by atoms with E-state index < -0.39 is 6.10 Å². The number of carbonyl (C=O) groups is 1. The highest BCUT2D eigenvalue weighted by molar-refractivity contribution is 6.30. The molecular weight excluding hydrogens is 322 g/mol. The minimum Gasteiger partial charge on any atom is -0.481 e. The van der Waals surface area contributed by atoms with E-state index in [1.54, 1.807) is 31.2 Å². The summed E-state index contributed by atoms with van der Waals surface area (Å²) < 4.78 is 5.68. The Kier molecular flexibility index (Phi) is 6.27. The molecule has 1 amide bonds. The molecule has 3 nitrogen and oxygen atoms in total. The highest BCUT2D eigenvalue weighted by Gasteiger charge is 2.19. The van der Waals surface area contributed by atoms with Gasteiger partial charge in [0.1, 0.15) is 5.75 Å². The topological polar surface area (TPSA) is 38.3 Å². The molecule has 0 bridgehead atoms. The molecule has 0 spiro atoms. The smallest absolute Gasteiger partial charge is 0.261 e. The lowest BCUT2D eigenvalue weighted by Gasteiger charge is -2.21. The van der Waals surface area contributed by atoms with E-state index in [-0.39, 0.29) is 11.9 Å². The molecule has 2 atom stereocenters. The van der Waals surface area contributed by atoms with Gasteiger partial charge in [-0.15, -0.1) is 0 Å². The van der Waals surface area contributed by atoms with Crippen molar-refractivity contribution in [3.05, 3.63) is 64.2 Å². The van der Waals surface area contributed by atoms with Crippen LogP contribution >= 0.6 is 11.6 Å². The van der Waals surface area contributed by atoms with Crippen LogP contribution in [0.15, 0.2) is 42.5 Å². The summed E-state index contributed by atoms with van der Waals surface area (Å²) in [6.45, 7) is 7.97. The maximum atomic E-state index is 12.4. The number of ether oxygens (including phenoxy) is 1. The fourth-order valence-electron chi connectivity index (χ4n) is 2.46. The quantitative estimate of drug-likeness (QED) is 0.800. The van der Waals surface area contributed by atoms with Crippen molar-refractivity contribution in [1.29, 1.82) is 0 Å². The first-order valence-electron chi connectivity index (χ1n) is 8.20. The van der Waals surface area contributed by atoms with Crippen LogP contribution in [0.4, 0.5) is 0 Å². The molecule has 0 unspecified atom stereocenters. The summed E-state index contributed by atoms with van der Waals surface area (Å²) in [6.07, 6.45) is 0.244. The van der Waals surface area contributed by atoms with Crippen LogP contribution < -0.4 is 10.1 Å². The van der Waals surface area contributed by atoms with Crippen molar-refractivity contribution in [2.45, 2.75) is 46.3 Å². The Balaban J connectivity index is 2.02. The van der Waals surface area contributed by atoms with Crippen LogP contribution in [-0.4, -0.2) is 12.0 Å². The fourth-order valence-corrected chi connectivity index (χ4v) is 2.59. The van der Waals surface area contributed by atoms with E-state index in [9.17, 15) is 4.79 Å². The number of benzene rings is 2. The fraction of sp³-hybridized carbons (Fsp3) is 0.350. The van der Waals surface area contributed by atoms with Crippen LogP contribution in [0, 0.1) is 13.8 Å². The van der Waals surface area contributed by atoms with E-state index in [1.807, 2.05) is 0 Å². The van der Waals surface area contributed by atoms with Crippen LogP contribution in [0.1, 0.15) is 43.0 Å². The highest BCUT2D eigenvalue weighted by Crippen LogP contribution is 2.21. The molecule has 4 heteroatoms. The molecule has 2 aromatic rings. The number of rotatable bonds is 6. The van der Waals surface area contributed by atoms with Gasteiger partial charge in [0, 0.05) is 5.02 Å². The lowest BCUT2D eigenvalue weighted by molar-refractivity contribution is -0.128. The number of amides is 1. The number of hydrogen-bond acceptors (Lipinski definition) is 2. The zero-order chi connectivity index (χ0) is 17.7. The zero-order valence-electron chi connectivity index (χ0n) is 14.6. The molecule has 0 saturated carbocycles. The molecule has 2 rings (SSSR count). The second kappa shape index (κ2) is 8.20. The third kappa shape index (κ3) is 4.75. The first kappa shape index (κ1) is 18.3. The Hall–Kier alpha value is -2.00. The van der Waals surface area contributed by atoms with Gasteiger partial charge in [-0.05, 0) is 68.1 Å². The van der Waals surface area contributed by atoms with Crippen molar-refractivity contribution in [2.24, 2.45) is 0 Å². The zero-order valence-corrected chi connectivity index (χ0v) is 15.4. The molecule has 0 aliphatic heterocycles. The van der Waals surface area contributed by atoms with Crippen molar-refractivity contribution in [3.63, 3.8) is 0 Å². The summed E-state index contributed by atoms with van der Waals surface area (Å²) in [5.41, 5.74) is 3.60. The lowest BCUT2D eigenvalue weighted by atomic mass is 9.99. The Morgan fingerprint density at radius 2 is 1.79 bits per heavy atom. The van der Waals surface area contributed by atoms with Gasteiger partial charge in [-0.1, -0.05) is 36.7 Å². The highest BCUT2D eigenvalue weighted by atomic mass is 35.5. The van der Waals surface area contributed by atoms with Gasteiger partial charge in [-0.25, -0.2) is 0 Å². The molecular formula is C20H24ClNO2. The number of halogens is 1. The van der Waals surface area contributed by atoms with E-state index in [2.05, 4.69) is 44.3 Å². The normalized spacial score (nSPS) is 13.2. The second-order valence-electron chi connectivity index (χ2n) is 6.03. The lowest BCUT2D eigenvalue weighted by Crippen LogP contribution is -2.38. The number of nitrogens with one attached hydrogen (secondary N) is 1. The molecule has 0 fully saturated rings. The summed E-state index contributed by atoms with van der Waals surface area (Å²) in [7, 11) is 0. The number of hydrogen-bond donors (Lipinski definition) is 1. The monoisotopic (exact) mass is 345 g/mol. The van der Waals surface area contributed by atoms with E-state index in [4.69, 9.17) is 16.3 Å². The van der Waals surface area contributed by atoms with Crippen molar-refractivity contribution >= 4 is 17.5 Å². The van der Waals surface area contributed by atoms with E-state index >= 15 is 0 Å². The van der Waals surface area contributed by atoms with Crippen LogP contribution in [-0.2, 0) is 4.79 Å². The molecule has 0 aromatic heterocycles. The average Bonchev–Trinajstić information content (AvgIpc) is 2.57. The standard InChI is InChI=1S/C20H24ClNO2/c1-5-19(16-7-6-13(2)14(3)12-16)22-20(23)15(4)24-18-10-8-17(21)9-11-18/h6-12,15,19H,5H2,1-4H3,(H,22,23)/t15-,19-/m0/s1. The summed E-state index contributed by atoms with van der Waals surface area (Å²) in [4.78, 5) is 12.4. The Labute approximate surface area is 149 Å². The van der Waals surface area contributed by atoms with Crippen LogP contribution in [0.2, 0.25) is 5.02 Å². The average molecular weight is 346 g/mol.